The number of nitrogens with zero attached hydrogens (tertiary/aromatic N) is 1. The lowest BCUT2D eigenvalue weighted by Gasteiger charge is -2.25. The molecule has 0 aliphatic carbocycles. The van der Waals surface area contributed by atoms with Crippen molar-refractivity contribution in [2.24, 2.45) is 0 Å². The number of aryl methyl sites for hydroxylation is 3. The van der Waals surface area contributed by atoms with Gasteiger partial charge in [0.15, 0.2) is 5.78 Å². The summed E-state index contributed by atoms with van der Waals surface area (Å²) in [7, 11) is -2.37. The van der Waals surface area contributed by atoms with Crippen molar-refractivity contribution >= 4 is 21.8 Å². The molecule has 32 heavy (non-hydrogen) atoms. The van der Waals surface area contributed by atoms with Crippen LogP contribution in [0.2, 0.25) is 0 Å². The van der Waals surface area contributed by atoms with Gasteiger partial charge in [-0.3, -0.25) is 9.59 Å². The minimum Gasteiger partial charge on any atom is -0.496 e. The summed E-state index contributed by atoms with van der Waals surface area (Å²) in [6, 6.07) is 7.69. The van der Waals surface area contributed by atoms with Crippen LogP contribution in [0.15, 0.2) is 35.2 Å². The Morgan fingerprint density at radius 3 is 2.34 bits per heavy atom. The Bertz CT molecular complexity index is 1130. The topological polar surface area (TPSA) is 90.0 Å². The van der Waals surface area contributed by atoms with Crippen LogP contribution in [-0.4, -0.2) is 44.2 Å². The molecule has 1 saturated heterocycles. The first-order chi connectivity index (χ1) is 15.1. The highest BCUT2D eigenvalue weighted by molar-refractivity contribution is 7.89. The molecule has 0 saturated carbocycles. The number of ether oxygens (including phenoxy) is 2. The molecule has 1 atom stereocenters. The molecule has 1 fully saturated rings. The molecule has 0 bridgehead atoms. The van der Waals surface area contributed by atoms with Crippen LogP contribution < -0.4 is 4.74 Å². The maximum atomic E-state index is 13.5. The molecule has 2 aromatic rings. The van der Waals surface area contributed by atoms with E-state index in [-0.39, 0.29) is 23.8 Å². The van der Waals surface area contributed by atoms with Gasteiger partial charge in [0.1, 0.15) is 18.4 Å². The van der Waals surface area contributed by atoms with Crippen molar-refractivity contribution in [3.05, 3.63) is 58.1 Å². The van der Waals surface area contributed by atoms with Crippen molar-refractivity contribution in [2.75, 3.05) is 13.7 Å². The predicted octanol–water partition coefficient (Wildman–Crippen LogP) is 3.72. The van der Waals surface area contributed by atoms with Crippen LogP contribution in [0.3, 0.4) is 0 Å². The molecule has 7 nitrogen and oxygen atoms in total. The van der Waals surface area contributed by atoms with Gasteiger partial charge in [0, 0.05) is 17.7 Å². The Hall–Kier alpha value is -2.71. The lowest BCUT2D eigenvalue weighted by molar-refractivity contribution is -0.148. The van der Waals surface area contributed by atoms with Crippen LogP contribution >= 0.6 is 0 Å². The van der Waals surface area contributed by atoms with Gasteiger partial charge in [-0.15, -0.1) is 0 Å². The second kappa shape index (κ2) is 9.42. The SMILES string of the molecule is COc1ccc(C(C)=O)cc1COC(=O)[C@H]1CCCN1S(=O)(=O)c1c(C)cc(C)cc1C. The Balaban J connectivity index is 1.83. The van der Waals surface area contributed by atoms with Gasteiger partial charge in [0.25, 0.3) is 0 Å². The lowest BCUT2D eigenvalue weighted by atomic mass is 10.1. The summed E-state index contributed by atoms with van der Waals surface area (Å²) in [4.78, 5) is 24.8. The first-order valence-electron chi connectivity index (χ1n) is 10.5. The van der Waals surface area contributed by atoms with E-state index in [1.807, 2.05) is 19.1 Å². The summed E-state index contributed by atoms with van der Waals surface area (Å²) in [5.41, 5.74) is 3.33. The van der Waals surface area contributed by atoms with E-state index in [0.29, 0.717) is 40.8 Å². The van der Waals surface area contributed by atoms with Crippen molar-refractivity contribution in [1.82, 2.24) is 4.31 Å². The summed E-state index contributed by atoms with van der Waals surface area (Å²) in [5, 5.41) is 0. The number of hydrogen-bond acceptors (Lipinski definition) is 6. The van der Waals surface area contributed by atoms with Gasteiger partial charge in [-0.1, -0.05) is 17.7 Å². The van der Waals surface area contributed by atoms with Crippen LogP contribution in [0.1, 0.15) is 52.4 Å². The van der Waals surface area contributed by atoms with Crippen LogP contribution in [0.4, 0.5) is 0 Å². The molecule has 172 valence electrons. The Labute approximate surface area is 189 Å². The molecule has 1 heterocycles. The van der Waals surface area contributed by atoms with E-state index in [9.17, 15) is 18.0 Å². The number of carbonyl (C=O) groups is 2. The Morgan fingerprint density at radius 2 is 1.75 bits per heavy atom. The third-order valence-electron chi connectivity index (χ3n) is 5.70. The quantitative estimate of drug-likeness (QED) is 0.463. The molecule has 0 spiro atoms. The van der Waals surface area contributed by atoms with Gasteiger partial charge in [0.05, 0.1) is 12.0 Å². The predicted molar refractivity (Wildman–Crippen MR) is 120 cm³/mol. The molecule has 2 aromatic carbocycles. The van der Waals surface area contributed by atoms with Crippen LogP contribution in [0.5, 0.6) is 5.75 Å². The normalized spacial score (nSPS) is 16.7. The first-order valence-corrected chi connectivity index (χ1v) is 11.9. The van der Waals surface area contributed by atoms with Gasteiger partial charge in [-0.25, -0.2) is 8.42 Å². The largest absolute Gasteiger partial charge is 0.496 e. The second-order valence-corrected chi connectivity index (χ2v) is 10.0. The third kappa shape index (κ3) is 4.71. The van der Waals surface area contributed by atoms with Crippen LogP contribution in [0.25, 0.3) is 0 Å². The third-order valence-corrected chi connectivity index (χ3v) is 7.92. The van der Waals surface area contributed by atoms with Crippen molar-refractivity contribution < 1.29 is 27.5 Å². The number of benzene rings is 2. The maximum Gasteiger partial charge on any atom is 0.324 e. The first kappa shape index (κ1) is 23.9. The van der Waals surface area contributed by atoms with Gasteiger partial charge in [-0.05, 0) is 69.9 Å². The standard InChI is InChI=1S/C24H29NO6S/c1-15-11-16(2)23(17(3)12-15)32(28,29)25-10-6-7-21(25)24(27)31-14-20-13-19(18(4)26)8-9-22(20)30-5/h8-9,11-13,21H,6-7,10,14H2,1-5H3/t21-/m1/s1. The smallest absolute Gasteiger partial charge is 0.324 e. The minimum atomic E-state index is -3.86. The number of carbonyl (C=O) groups excluding carboxylic acids is 2. The molecule has 8 heteroatoms. The fraction of sp³-hybridized carbons (Fsp3) is 0.417. The van der Waals surface area contributed by atoms with Gasteiger partial charge in [-0.2, -0.15) is 4.31 Å². The summed E-state index contributed by atoms with van der Waals surface area (Å²) in [6.07, 6.45) is 0.971. The average Bonchev–Trinajstić information content (AvgIpc) is 3.21. The lowest BCUT2D eigenvalue weighted by Crippen LogP contribution is -2.41. The zero-order valence-corrected chi connectivity index (χ0v) is 19.9. The highest BCUT2D eigenvalue weighted by Gasteiger charge is 2.41. The highest BCUT2D eigenvalue weighted by Crippen LogP contribution is 2.31. The number of rotatable bonds is 7. The number of Topliss-reactive ketones (excluding diaryl/α,β-unsaturated/α-hetero) is 1. The molecule has 0 unspecified atom stereocenters. The Morgan fingerprint density at radius 1 is 1.09 bits per heavy atom. The maximum absolute atomic E-state index is 13.5. The highest BCUT2D eigenvalue weighted by atomic mass is 32.2. The van der Waals surface area contributed by atoms with E-state index in [4.69, 9.17) is 9.47 Å². The molecule has 3 rings (SSSR count). The molecular formula is C24H29NO6S. The summed E-state index contributed by atoms with van der Waals surface area (Å²) < 4.78 is 39.0. The monoisotopic (exact) mass is 459 g/mol. The van der Waals surface area contributed by atoms with E-state index in [2.05, 4.69) is 0 Å². The van der Waals surface area contributed by atoms with Crippen molar-refractivity contribution in [3.8, 4) is 5.75 Å². The molecule has 0 N–H and O–H groups in total. The van der Waals surface area contributed by atoms with E-state index in [0.717, 1.165) is 5.56 Å². The molecule has 1 aliphatic rings. The number of sulfonamides is 1. The minimum absolute atomic E-state index is 0.114. The zero-order chi connectivity index (χ0) is 23.6. The van der Waals surface area contributed by atoms with Crippen molar-refractivity contribution in [3.63, 3.8) is 0 Å². The fourth-order valence-corrected chi connectivity index (χ4v) is 6.37. The van der Waals surface area contributed by atoms with Gasteiger partial charge < -0.3 is 9.47 Å². The number of ketones is 1. The van der Waals surface area contributed by atoms with E-state index in [1.54, 1.807) is 32.0 Å². The van der Waals surface area contributed by atoms with Gasteiger partial charge in [0.2, 0.25) is 10.0 Å². The number of methoxy groups -OCH3 is 1. The Kier molecular flexibility index (Phi) is 7.05. The number of hydrogen-bond donors (Lipinski definition) is 0. The van der Waals surface area contributed by atoms with Crippen molar-refractivity contribution in [2.45, 2.75) is 58.1 Å². The fourth-order valence-electron chi connectivity index (χ4n) is 4.31. The average molecular weight is 460 g/mol. The van der Waals surface area contributed by atoms with Gasteiger partial charge >= 0.3 is 5.97 Å². The molecule has 0 amide bonds. The molecule has 0 radical (unpaired) electrons. The van der Waals surface area contributed by atoms with Crippen LogP contribution in [0, 0.1) is 20.8 Å². The summed E-state index contributed by atoms with van der Waals surface area (Å²) in [6.45, 7) is 7.05. The van der Waals surface area contributed by atoms with E-state index < -0.39 is 22.0 Å². The van der Waals surface area contributed by atoms with E-state index in [1.165, 1.54) is 18.3 Å². The number of esters is 1. The molecular weight excluding hydrogens is 430 g/mol. The van der Waals surface area contributed by atoms with Crippen LogP contribution in [-0.2, 0) is 26.2 Å². The molecule has 0 aromatic heterocycles. The molecule has 1 aliphatic heterocycles. The van der Waals surface area contributed by atoms with E-state index >= 15 is 0 Å². The zero-order valence-electron chi connectivity index (χ0n) is 19.1. The second-order valence-electron chi connectivity index (χ2n) is 8.19. The summed E-state index contributed by atoms with van der Waals surface area (Å²) in [5.74, 6) is -0.231. The summed E-state index contributed by atoms with van der Waals surface area (Å²) >= 11 is 0. The van der Waals surface area contributed by atoms with Crippen molar-refractivity contribution in [1.29, 1.82) is 0 Å².